The van der Waals surface area contributed by atoms with Gasteiger partial charge in [0, 0.05) is 30.9 Å². The minimum atomic E-state index is -0.244. The lowest BCUT2D eigenvalue weighted by Gasteiger charge is -2.23. The fraction of sp³-hybridized carbons (Fsp3) is 0.294. The van der Waals surface area contributed by atoms with E-state index in [1.54, 1.807) is 24.3 Å². The molecule has 0 saturated heterocycles. The standard InChI is InChI=1S/C17H20F2N2/c1-20-17(15-5-3-4-6-16(15)19)11-12-21(2)14-9-7-13(18)8-10-14/h3-10,17,20H,11-12H2,1-2H3. The summed E-state index contributed by atoms with van der Waals surface area (Å²) in [4.78, 5) is 2.03. The smallest absolute Gasteiger partial charge is 0.127 e. The van der Waals surface area contributed by atoms with Gasteiger partial charge >= 0.3 is 0 Å². The van der Waals surface area contributed by atoms with Gasteiger partial charge < -0.3 is 10.2 Å². The molecule has 2 aromatic rings. The topological polar surface area (TPSA) is 15.3 Å². The minimum absolute atomic E-state index is 0.0471. The summed E-state index contributed by atoms with van der Waals surface area (Å²) < 4.78 is 26.7. The van der Waals surface area contributed by atoms with Crippen molar-refractivity contribution in [2.45, 2.75) is 12.5 Å². The summed E-state index contributed by atoms with van der Waals surface area (Å²) in [6.45, 7) is 0.742. The van der Waals surface area contributed by atoms with E-state index in [4.69, 9.17) is 0 Å². The SMILES string of the molecule is CNC(CCN(C)c1ccc(F)cc1)c1ccccc1F. The summed E-state index contributed by atoms with van der Waals surface area (Å²) >= 11 is 0. The van der Waals surface area contributed by atoms with Gasteiger partial charge in [0.1, 0.15) is 11.6 Å². The molecule has 0 amide bonds. The molecule has 0 aliphatic carbocycles. The second-order valence-electron chi connectivity index (χ2n) is 5.05. The van der Waals surface area contributed by atoms with Gasteiger partial charge in [-0.1, -0.05) is 18.2 Å². The van der Waals surface area contributed by atoms with Gasteiger partial charge in [-0.2, -0.15) is 0 Å². The predicted octanol–water partition coefficient (Wildman–Crippen LogP) is 3.75. The minimum Gasteiger partial charge on any atom is -0.375 e. The van der Waals surface area contributed by atoms with Crippen molar-refractivity contribution in [2.24, 2.45) is 0 Å². The number of nitrogens with one attached hydrogen (secondary N) is 1. The molecule has 0 heterocycles. The number of nitrogens with zero attached hydrogens (tertiary/aromatic N) is 1. The van der Waals surface area contributed by atoms with Crippen LogP contribution in [-0.4, -0.2) is 20.6 Å². The van der Waals surface area contributed by atoms with Gasteiger partial charge in [0.2, 0.25) is 0 Å². The average Bonchev–Trinajstić information content (AvgIpc) is 2.50. The second-order valence-corrected chi connectivity index (χ2v) is 5.05. The number of rotatable bonds is 6. The molecule has 112 valence electrons. The molecule has 21 heavy (non-hydrogen) atoms. The Morgan fingerprint density at radius 3 is 2.33 bits per heavy atom. The van der Waals surface area contributed by atoms with Gasteiger partial charge in [-0.3, -0.25) is 0 Å². The highest BCUT2D eigenvalue weighted by molar-refractivity contribution is 5.45. The van der Waals surface area contributed by atoms with Crippen LogP contribution >= 0.6 is 0 Å². The first-order chi connectivity index (χ1) is 10.1. The zero-order valence-electron chi connectivity index (χ0n) is 12.3. The molecule has 0 aromatic heterocycles. The summed E-state index contributed by atoms with van der Waals surface area (Å²) in [6, 6.07) is 13.1. The molecule has 0 radical (unpaired) electrons. The lowest BCUT2D eigenvalue weighted by molar-refractivity contribution is 0.509. The van der Waals surface area contributed by atoms with Crippen LogP contribution in [0.25, 0.3) is 0 Å². The first-order valence-corrected chi connectivity index (χ1v) is 7.00. The van der Waals surface area contributed by atoms with Crippen molar-refractivity contribution in [1.82, 2.24) is 5.32 Å². The quantitative estimate of drug-likeness (QED) is 0.871. The number of halogens is 2. The highest BCUT2D eigenvalue weighted by Gasteiger charge is 2.14. The Morgan fingerprint density at radius 2 is 1.71 bits per heavy atom. The van der Waals surface area contributed by atoms with E-state index in [-0.39, 0.29) is 17.7 Å². The fourth-order valence-corrected chi connectivity index (χ4v) is 2.36. The Morgan fingerprint density at radius 1 is 1.05 bits per heavy atom. The molecule has 0 bridgehead atoms. The zero-order valence-corrected chi connectivity index (χ0v) is 12.3. The lowest BCUT2D eigenvalue weighted by atomic mass is 10.0. The first kappa shape index (κ1) is 15.4. The normalized spacial score (nSPS) is 12.2. The number of anilines is 1. The zero-order chi connectivity index (χ0) is 15.2. The van der Waals surface area contributed by atoms with E-state index >= 15 is 0 Å². The van der Waals surface area contributed by atoms with Crippen molar-refractivity contribution in [3.63, 3.8) is 0 Å². The van der Waals surface area contributed by atoms with Gasteiger partial charge in [-0.25, -0.2) is 8.78 Å². The van der Waals surface area contributed by atoms with Crippen molar-refractivity contribution in [3.05, 3.63) is 65.7 Å². The highest BCUT2D eigenvalue weighted by atomic mass is 19.1. The summed E-state index contributed by atoms with van der Waals surface area (Å²) in [5.41, 5.74) is 1.62. The van der Waals surface area contributed by atoms with E-state index in [0.717, 1.165) is 18.7 Å². The van der Waals surface area contributed by atoms with Gasteiger partial charge in [-0.05, 0) is 43.8 Å². The Labute approximate surface area is 124 Å². The van der Waals surface area contributed by atoms with Crippen LogP contribution in [0.5, 0.6) is 0 Å². The molecule has 0 spiro atoms. The van der Waals surface area contributed by atoms with Gasteiger partial charge in [0.15, 0.2) is 0 Å². The van der Waals surface area contributed by atoms with E-state index in [1.165, 1.54) is 18.2 Å². The molecule has 1 atom stereocenters. The van der Waals surface area contributed by atoms with Crippen molar-refractivity contribution >= 4 is 5.69 Å². The molecule has 2 aromatic carbocycles. The van der Waals surface area contributed by atoms with E-state index in [9.17, 15) is 8.78 Å². The first-order valence-electron chi connectivity index (χ1n) is 7.00. The van der Waals surface area contributed by atoms with Crippen LogP contribution in [0.4, 0.5) is 14.5 Å². The molecule has 0 fully saturated rings. The van der Waals surface area contributed by atoms with Crippen molar-refractivity contribution in [1.29, 1.82) is 0 Å². The molecule has 1 unspecified atom stereocenters. The lowest BCUT2D eigenvalue weighted by Crippen LogP contribution is -2.25. The van der Waals surface area contributed by atoms with Crippen molar-refractivity contribution in [3.8, 4) is 0 Å². The molecular weight excluding hydrogens is 270 g/mol. The van der Waals surface area contributed by atoms with Crippen LogP contribution in [-0.2, 0) is 0 Å². The summed E-state index contributed by atoms with van der Waals surface area (Å²) in [7, 11) is 3.77. The predicted molar refractivity (Wildman–Crippen MR) is 82.5 cm³/mol. The molecule has 4 heteroatoms. The van der Waals surface area contributed by atoms with E-state index in [1.807, 2.05) is 25.1 Å². The molecular formula is C17H20F2N2. The van der Waals surface area contributed by atoms with Crippen LogP contribution in [0.15, 0.2) is 48.5 Å². The van der Waals surface area contributed by atoms with E-state index < -0.39 is 0 Å². The van der Waals surface area contributed by atoms with Crippen molar-refractivity contribution in [2.75, 3.05) is 25.5 Å². The number of hydrogen-bond donors (Lipinski definition) is 1. The van der Waals surface area contributed by atoms with Gasteiger partial charge in [-0.15, -0.1) is 0 Å². The fourth-order valence-electron chi connectivity index (χ4n) is 2.36. The van der Waals surface area contributed by atoms with Gasteiger partial charge in [0.25, 0.3) is 0 Å². The molecule has 2 rings (SSSR count). The van der Waals surface area contributed by atoms with Gasteiger partial charge in [0.05, 0.1) is 0 Å². The van der Waals surface area contributed by atoms with Crippen LogP contribution < -0.4 is 10.2 Å². The van der Waals surface area contributed by atoms with Crippen molar-refractivity contribution < 1.29 is 8.78 Å². The largest absolute Gasteiger partial charge is 0.375 e. The molecule has 1 N–H and O–H groups in total. The highest BCUT2D eigenvalue weighted by Crippen LogP contribution is 2.21. The van der Waals surface area contributed by atoms with Crippen LogP contribution in [0, 0.1) is 11.6 Å². The molecule has 2 nitrogen and oxygen atoms in total. The number of hydrogen-bond acceptors (Lipinski definition) is 2. The molecule has 0 saturated carbocycles. The molecule has 0 aliphatic heterocycles. The Kier molecular flexibility index (Phi) is 5.28. The summed E-state index contributed by atoms with van der Waals surface area (Å²) in [5.74, 6) is -0.437. The maximum atomic E-state index is 13.8. The maximum absolute atomic E-state index is 13.8. The monoisotopic (exact) mass is 290 g/mol. The summed E-state index contributed by atoms with van der Waals surface area (Å²) in [6.07, 6.45) is 0.755. The average molecular weight is 290 g/mol. The van der Waals surface area contributed by atoms with E-state index in [0.29, 0.717) is 5.56 Å². The third-order valence-electron chi connectivity index (χ3n) is 3.65. The number of benzene rings is 2. The summed E-state index contributed by atoms with van der Waals surface area (Å²) in [5, 5.41) is 3.15. The Hall–Kier alpha value is -1.94. The van der Waals surface area contributed by atoms with Crippen LogP contribution in [0.3, 0.4) is 0 Å². The molecule has 0 aliphatic rings. The third kappa shape index (κ3) is 4.02. The Balaban J connectivity index is 2.00. The third-order valence-corrected chi connectivity index (χ3v) is 3.65. The second kappa shape index (κ2) is 7.18. The van der Waals surface area contributed by atoms with E-state index in [2.05, 4.69) is 5.32 Å². The maximum Gasteiger partial charge on any atom is 0.127 e. The Bertz CT molecular complexity index is 569. The van der Waals surface area contributed by atoms with Crippen LogP contribution in [0.1, 0.15) is 18.0 Å². The van der Waals surface area contributed by atoms with Crippen LogP contribution in [0.2, 0.25) is 0 Å².